The monoisotopic (exact) mass is 281 g/mol. The summed E-state index contributed by atoms with van der Waals surface area (Å²) in [5.74, 6) is 0.559. The smallest absolute Gasteiger partial charge is 0.142 e. The molecule has 1 aliphatic heterocycles. The van der Waals surface area contributed by atoms with E-state index in [1.807, 2.05) is 12.1 Å². The molecule has 0 radical (unpaired) electrons. The van der Waals surface area contributed by atoms with Crippen LogP contribution in [-0.4, -0.2) is 23.3 Å². The van der Waals surface area contributed by atoms with Crippen molar-refractivity contribution in [2.75, 3.05) is 18.9 Å². The van der Waals surface area contributed by atoms with Crippen molar-refractivity contribution in [1.82, 2.24) is 4.98 Å². The van der Waals surface area contributed by atoms with Crippen molar-refractivity contribution in [2.45, 2.75) is 12.3 Å². The molecule has 3 rings (SSSR count). The SMILES string of the molecule is N#Cc1c([C@H]2CCOC2)cc(-c2cccc(O)c2)nc1N. The van der Waals surface area contributed by atoms with Crippen LogP contribution >= 0.6 is 0 Å². The Bertz CT molecular complexity index is 716. The molecule has 1 atom stereocenters. The van der Waals surface area contributed by atoms with E-state index in [0.717, 1.165) is 17.5 Å². The largest absolute Gasteiger partial charge is 0.508 e. The molecule has 0 aliphatic carbocycles. The average molecular weight is 281 g/mol. The van der Waals surface area contributed by atoms with Crippen LogP contribution in [0.2, 0.25) is 0 Å². The lowest BCUT2D eigenvalue weighted by Gasteiger charge is -2.14. The summed E-state index contributed by atoms with van der Waals surface area (Å²) in [5, 5.41) is 18.9. The van der Waals surface area contributed by atoms with Crippen LogP contribution in [0, 0.1) is 11.3 Å². The van der Waals surface area contributed by atoms with E-state index in [9.17, 15) is 10.4 Å². The number of hydrogen-bond acceptors (Lipinski definition) is 5. The first-order chi connectivity index (χ1) is 10.2. The molecule has 1 aromatic carbocycles. The molecule has 2 heterocycles. The number of phenolic OH excluding ortho intramolecular Hbond substituents is 1. The van der Waals surface area contributed by atoms with E-state index in [2.05, 4.69) is 11.1 Å². The fraction of sp³-hybridized carbons (Fsp3) is 0.250. The van der Waals surface area contributed by atoms with Crippen LogP contribution in [0.5, 0.6) is 5.75 Å². The number of nitrogens with two attached hydrogens (primary N) is 1. The van der Waals surface area contributed by atoms with Crippen LogP contribution < -0.4 is 5.73 Å². The molecule has 0 bridgehead atoms. The number of pyridine rings is 1. The van der Waals surface area contributed by atoms with E-state index >= 15 is 0 Å². The molecular weight excluding hydrogens is 266 g/mol. The van der Waals surface area contributed by atoms with Gasteiger partial charge in [0.05, 0.1) is 17.9 Å². The Kier molecular flexibility index (Phi) is 3.46. The summed E-state index contributed by atoms with van der Waals surface area (Å²) in [4.78, 5) is 4.29. The van der Waals surface area contributed by atoms with Crippen LogP contribution in [0.15, 0.2) is 30.3 Å². The second-order valence-electron chi connectivity index (χ2n) is 5.08. The minimum absolute atomic E-state index is 0.168. The molecule has 1 aliphatic rings. The zero-order valence-electron chi connectivity index (χ0n) is 11.4. The molecule has 21 heavy (non-hydrogen) atoms. The minimum Gasteiger partial charge on any atom is -0.508 e. The summed E-state index contributed by atoms with van der Waals surface area (Å²) in [7, 11) is 0. The van der Waals surface area contributed by atoms with Crippen molar-refractivity contribution < 1.29 is 9.84 Å². The number of phenols is 1. The third-order valence-corrected chi connectivity index (χ3v) is 3.70. The molecule has 0 saturated carbocycles. The third-order valence-electron chi connectivity index (χ3n) is 3.70. The van der Waals surface area contributed by atoms with Crippen molar-refractivity contribution in [1.29, 1.82) is 5.26 Å². The predicted octanol–water partition coefficient (Wildman–Crippen LogP) is 2.41. The molecule has 0 unspecified atom stereocenters. The number of aromatic nitrogens is 1. The van der Waals surface area contributed by atoms with Crippen molar-refractivity contribution in [3.63, 3.8) is 0 Å². The summed E-state index contributed by atoms with van der Waals surface area (Å²) in [6.45, 7) is 1.29. The maximum atomic E-state index is 9.59. The van der Waals surface area contributed by atoms with Crippen molar-refractivity contribution in [3.8, 4) is 23.1 Å². The Balaban J connectivity index is 2.13. The van der Waals surface area contributed by atoms with Gasteiger partial charge in [-0.15, -0.1) is 0 Å². The Morgan fingerprint density at radius 1 is 1.38 bits per heavy atom. The molecule has 5 heteroatoms. The molecule has 0 spiro atoms. The maximum Gasteiger partial charge on any atom is 0.142 e. The fourth-order valence-corrected chi connectivity index (χ4v) is 2.62. The molecule has 0 amide bonds. The molecule has 5 nitrogen and oxygen atoms in total. The summed E-state index contributed by atoms with van der Waals surface area (Å²) in [6.07, 6.45) is 0.873. The topological polar surface area (TPSA) is 92.2 Å². The van der Waals surface area contributed by atoms with Crippen LogP contribution in [0.1, 0.15) is 23.5 Å². The van der Waals surface area contributed by atoms with E-state index < -0.39 is 0 Å². The van der Waals surface area contributed by atoms with Gasteiger partial charge < -0.3 is 15.6 Å². The number of aromatic hydroxyl groups is 1. The van der Waals surface area contributed by atoms with Crippen molar-refractivity contribution >= 4 is 5.82 Å². The number of anilines is 1. The van der Waals surface area contributed by atoms with Crippen LogP contribution in [-0.2, 0) is 4.74 Å². The Morgan fingerprint density at radius 2 is 2.24 bits per heavy atom. The van der Waals surface area contributed by atoms with Gasteiger partial charge in [0.2, 0.25) is 0 Å². The second-order valence-corrected chi connectivity index (χ2v) is 5.08. The predicted molar refractivity (Wildman–Crippen MR) is 78.6 cm³/mol. The Morgan fingerprint density at radius 3 is 2.90 bits per heavy atom. The Labute approximate surface area is 122 Å². The van der Waals surface area contributed by atoms with Crippen molar-refractivity contribution in [2.24, 2.45) is 0 Å². The van der Waals surface area contributed by atoms with E-state index in [-0.39, 0.29) is 17.5 Å². The van der Waals surface area contributed by atoms with Crippen molar-refractivity contribution in [3.05, 3.63) is 41.5 Å². The van der Waals surface area contributed by atoms with E-state index in [1.165, 1.54) is 0 Å². The second kappa shape index (κ2) is 5.43. The number of nitrogen functional groups attached to an aromatic ring is 1. The van der Waals surface area contributed by atoms with Gasteiger partial charge in [-0.1, -0.05) is 12.1 Å². The maximum absolute atomic E-state index is 9.59. The molecule has 1 saturated heterocycles. The lowest BCUT2D eigenvalue weighted by Crippen LogP contribution is -2.06. The number of hydrogen-bond donors (Lipinski definition) is 2. The zero-order valence-corrected chi connectivity index (χ0v) is 11.4. The lowest BCUT2D eigenvalue weighted by atomic mass is 9.93. The van der Waals surface area contributed by atoms with Gasteiger partial charge >= 0.3 is 0 Å². The highest BCUT2D eigenvalue weighted by Crippen LogP contribution is 2.33. The summed E-state index contributed by atoms with van der Waals surface area (Å²) >= 11 is 0. The summed E-state index contributed by atoms with van der Waals surface area (Å²) in [6, 6.07) is 10.8. The van der Waals surface area contributed by atoms with E-state index in [1.54, 1.807) is 18.2 Å². The molecule has 1 fully saturated rings. The number of nitrogens with zero attached hydrogens (tertiary/aromatic N) is 2. The van der Waals surface area contributed by atoms with Gasteiger partial charge in [-0.3, -0.25) is 0 Å². The van der Waals surface area contributed by atoms with Gasteiger partial charge in [0.15, 0.2) is 0 Å². The molecular formula is C16H15N3O2. The summed E-state index contributed by atoms with van der Waals surface area (Å²) in [5.41, 5.74) is 8.67. The van der Waals surface area contributed by atoms with Crippen LogP contribution in [0.25, 0.3) is 11.3 Å². The van der Waals surface area contributed by atoms with Gasteiger partial charge in [0, 0.05) is 18.1 Å². The zero-order chi connectivity index (χ0) is 14.8. The third kappa shape index (κ3) is 2.54. The first kappa shape index (κ1) is 13.4. The van der Waals surface area contributed by atoms with Gasteiger partial charge in [0.25, 0.3) is 0 Å². The number of benzene rings is 1. The first-order valence-electron chi connectivity index (χ1n) is 6.76. The summed E-state index contributed by atoms with van der Waals surface area (Å²) < 4.78 is 5.40. The minimum atomic E-state index is 0.168. The molecule has 3 N–H and O–H groups in total. The highest BCUT2D eigenvalue weighted by Gasteiger charge is 2.23. The number of rotatable bonds is 2. The van der Waals surface area contributed by atoms with Crippen LogP contribution in [0.3, 0.4) is 0 Å². The quantitative estimate of drug-likeness (QED) is 0.881. The highest BCUT2D eigenvalue weighted by atomic mass is 16.5. The standard InChI is InChI=1S/C16H15N3O2/c17-8-14-13(11-4-5-21-9-11)7-15(19-16(14)18)10-2-1-3-12(20)6-10/h1-3,6-7,11,20H,4-5,9H2,(H2,18,19)/t11-/m0/s1. The normalized spacial score (nSPS) is 17.6. The lowest BCUT2D eigenvalue weighted by molar-refractivity contribution is 0.194. The molecule has 106 valence electrons. The molecule has 1 aromatic heterocycles. The average Bonchev–Trinajstić information content (AvgIpc) is 3.00. The highest BCUT2D eigenvalue weighted by molar-refractivity contribution is 5.67. The fourth-order valence-electron chi connectivity index (χ4n) is 2.62. The van der Waals surface area contributed by atoms with Crippen LogP contribution in [0.4, 0.5) is 5.82 Å². The first-order valence-corrected chi connectivity index (χ1v) is 6.76. The van der Waals surface area contributed by atoms with Gasteiger partial charge in [-0.2, -0.15) is 5.26 Å². The van der Waals surface area contributed by atoms with Gasteiger partial charge in [-0.25, -0.2) is 4.98 Å². The number of ether oxygens (including phenoxy) is 1. The Hall–Kier alpha value is -2.58. The number of nitriles is 1. The van der Waals surface area contributed by atoms with E-state index in [4.69, 9.17) is 10.5 Å². The molecule has 2 aromatic rings. The van der Waals surface area contributed by atoms with E-state index in [0.29, 0.717) is 24.5 Å². The van der Waals surface area contributed by atoms with Gasteiger partial charge in [-0.05, 0) is 30.2 Å². The van der Waals surface area contributed by atoms with Gasteiger partial charge in [0.1, 0.15) is 17.6 Å².